The van der Waals surface area contributed by atoms with Crippen LogP contribution in [0.2, 0.25) is 0 Å². The number of para-hydroxylation sites is 2. The summed E-state index contributed by atoms with van der Waals surface area (Å²) in [6, 6.07) is 8.51. The van der Waals surface area contributed by atoms with Crippen LogP contribution in [0.1, 0.15) is 13.3 Å². The minimum atomic E-state index is -0.322. The third-order valence-corrected chi connectivity index (χ3v) is 3.10. The zero-order valence-corrected chi connectivity index (χ0v) is 12.0. The van der Waals surface area contributed by atoms with Gasteiger partial charge in [-0.25, -0.2) is 4.79 Å². The molecule has 0 aliphatic heterocycles. The molecule has 2 rings (SSSR count). The van der Waals surface area contributed by atoms with E-state index in [1.807, 2.05) is 19.1 Å². The standard InChI is InChI=1S/C15H19N3O3/c1-2-8-17-9-7-14(19)18(15(17)20)10-11-21-13-6-4-3-5-12(13)16/h3-7,9H,2,8,10-11,16H2,1H3. The zero-order chi connectivity index (χ0) is 15.2. The topological polar surface area (TPSA) is 79.2 Å². The molecule has 112 valence electrons. The van der Waals surface area contributed by atoms with Gasteiger partial charge in [-0.1, -0.05) is 19.1 Å². The first-order valence-corrected chi connectivity index (χ1v) is 6.91. The van der Waals surface area contributed by atoms with Crippen LogP contribution in [0.25, 0.3) is 0 Å². The van der Waals surface area contributed by atoms with Gasteiger partial charge in [0.15, 0.2) is 0 Å². The average molecular weight is 289 g/mol. The quantitative estimate of drug-likeness (QED) is 0.807. The van der Waals surface area contributed by atoms with Gasteiger partial charge in [-0.05, 0) is 18.6 Å². The summed E-state index contributed by atoms with van der Waals surface area (Å²) in [6.45, 7) is 2.96. The maximum atomic E-state index is 12.1. The highest BCUT2D eigenvalue weighted by molar-refractivity contribution is 5.51. The summed E-state index contributed by atoms with van der Waals surface area (Å²) in [5, 5.41) is 0. The molecule has 1 heterocycles. The number of hydrogen-bond acceptors (Lipinski definition) is 4. The summed E-state index contributed by atoms with van der Waals surface area (Å²) in [7, 11) is 0. The van der Waals surface area contributed by atoms with Crippen LogP contribution < -0.4 is 21.7 Å². The number of ether oxygens (including phenoxy) is 1. The van der Waals surface area contributed by atoms with Gasteiger partial charge < -0.3 is 15.0 Å². The summed E-state index contributed by atoms with van der Waals surface area (Å²) in [5.74, 6) is 0.551. The Kier molecular flexibility index (Phi) is 4.81. The van der Waals surface area contributed by atoms with Crippen molar-refractivity contribution in [1.29, 1.82) is 0 Å². The van der Waals surface area contributed by atoms with Crippen molar-refractivity contribution in [3.8, 4) is 5.75 Å². The van der Waals surface area contributed by atoms with Crippen molar-refractivity contribution in [2.75, 3.05) is 12.3 Å². The minimum Gasteiger partial charge on any atom is -0.490 e. The Bertz CT molecular complexity index is 719. The first-order valence-electron chi connectivity index (χ1n) is 6.91. The monoisotopic (exact) mass is 289 g/mol. The van der Waals surface area contributed by atoms with Crippen molar-refractivity contribution in [1.82, 2.24) is 9.13 Å². The Balaban J connectivity index is 2.10. The molecule has 2 aromatic rings. The zero-order valence-electron chi connectivity index (χ0n) is 12.0. The second kappa shape index (κ2) is 6.78. The van der Waals surface area contributed by atoms with Gasteiger partial charge in [-0.3, -0.25) is 9.36 Å². The smallest absolute Gasteiger partial charge is 0.331 e. The molecule has 0 fully saturated rings. The van der Waals surface area contributed by atoms with Crippen molar-refractivity contribution in [3.05, 3.63) is 57.4 Å². The van der Waals surface area contributed by atoms with E-state index in [0.29, 0.717) is 18.0 Å². The summed E-state index contributed by atoms with van der Waals surface area (Å²) in [5.41, 5.74) is 5.66. The fraction of sp³-hybridized carbons (Fsp3) is 0.333. The molecule has 1 aromatic heterocycles. The molecule has 1 aromatic carbocycles. The molecular weight excluding hydrogens is 270 g/mol. The Morgan fingerprint density at radius 2 is 1.90 bits per heavy atom. The predicted octanol–water partition coefficient (Wildman–Crippen LogP) is 1.08. The van der Waals surface area contributed by atoms with Crippen molar-refractivity contribution in [2.24, 2.45) is 0 Å². The van der Waals surface area contributed by atoms with Crippen LogP contribution in [0.15, 0.2) is 46.1 Å². The Hall–Kier alpha value is -2.50. The number of nitrogen functional groups attached to an aromatic ring is 1. The molecule has 0 bridgehead atoms. The lowest BCUT2D eigenvalue weighted by molar-refractivity contribution is 0.293. The highest BCUT2D eigenvalue weighted by atomic mass is 16.5. The maximum Gasteiger partial charge on any atom is 0.331 e. The predicted molar refractivity (Wildman–Crippen MR) is 81.6 cm³/mol. The largest absolute Gasteiger partial charge is 0.490 e. The molecular formula is C15H19N3O3. The molecule has 0 aliphatic carbocycles. The van der Waals surface area contributed by atoms with E-state index in [2.05, 4.69) is 0 Å². The van der Waals surface area contributed by atoms with Crippen molar-refractivity contribution in [2.45, 2.75) is 26.4 Å². The third kappa shape index (κ3) is 3.53. The second-order valence-electron chi connectivity index (χ2n) is 4.67. The van der Waals surface area contributed by atoms with Crippen LogP contribution >= 0.6 is 0 Å². The summed E-state index contributed by atoms with van der Waals surface area (Å²) < 4.78 is 8.22. The Morgan fingerprint density at radius 3 is 2.62 bits per heavy atom. The number of benzene rings is 1. The highest BCUT2D eigenvalue weighted by Gasteiger charge is 2.05. The van der Waals surface area contributed by atoms with E-state index in [4.69, 9.17) is 10.5 Å². The molecule has 0 aliphatic rings. The van der Waals surface area contributed by atoms with Crippen LogP contribution in [-0.2, 0) is 13.1 Å². The number of nitrogens with zero attached hydrogens (tertiary/aromatic N) is 2. The van der Waals surface area contributed by atoms with Gasteiger partial charge in [0, 0.05) is 18.8 Å². The summed E-state index contributed by atoms with van der Waals surface area (Å²) in [6.07, 6.45) is 2.36. The lowest BCUT2D eigenvalue weighted by Gasteiger charge is -2.11. The number of hydrogen-bond donors (Lipinski definition) is 1. The number of nitrogens with two attached hydrogens (primary N) is 1. The third-order valence-electron chi connectivity index (χ3n) is 3.10. The van der Waals surface area contributed by atoms with E-state index in [-0.39, 0.29) is 24.4 Å². The van der Waals surface area contributed by atoms with Gasteiger partial charge in [0.1, 0.15) is 12.4 Å². The van der Waals surface area contributed by atoms with E-state index in [9.17, 15) is 9.59 Å². The molecule has 0 spiro atoms. The van der Waals surface area contributed by atoms with E-state index >= 15 is 0 Å². The van der Waals surface area contributed by atoms with E-state index < -0.39 is 0 Å². The molecule has 0 saturated heterocycles. The Labute approximate surface area is 122 Å². The first kappa shape index (κ1) is 14.9. The van der Waals surface area contributed by atoms with Crippen LogP contribution in [0.5, 0.6) is 5.75 Å². The van der Waals surface area contributed by atoms with E-state index in [0.717, 1.165) is 6.42 Å². The van der Waals surface area contributed by atoms with E-state index in [1.54, 1.807) is 12.1 Å². The number of aromatic nitrogens is 2. The van der Waals surface area contributed by atoms with Gasteiger partial charge in [-0.2, -0.15) is 0 Å². The van der Waals surface area contributed by atoms with Gasteiger partial charge >= 0.3 is 5.69 Å². The molecule has 0 radical (unpaired) electrons. The maximum absolute atomic E-state index is 12.1. The number of aryl methyl sites for hydroxylation is 1. The second-order valence-corrected chi connectivity index (χ2v) is 4.67. The van der Waals surface area contributed by atoms with Crippen molar-refractivity contribution >= 4 is 5.69 Å². The molecule has 0 saturated carbocycles. The number of anilines is 1. The summed E-state index contributed by atoms with van der Waals surface area (Å²) in [4.78, 5) is 23.9. The first-order chi connectivity index (χ1) is 10.1. The SMILES string of the molecule is CCCn1ccc(=O)n(CCOc2ccccc2N)c1=O. The van der Waals surface area contributed by atoms with Gasteiger partial charge in [0.05, 0.1) is 12.2 Å². The van der Waals surface area contributed by atoms with Gasteiger partial charge in [0.25, 0.3) is 5.56 Å². The minimum absolute atomic E-state index is 0.191. The van der Waals surface area contributed by atoms with Gasteiger partial charge in [-0.15, -0.1) is 0 Å². The molecule has 2 N–H and O–H groups in total. The highest BCUT2D eigenvalue weighted by Crippen LogP contribution is 2.19. The van der Waals surface area contributed by atoms with Crippen LogP contribution in [0.3, 0.4) is 0 Å². The van der Waals surface area contributed by atoms with Crippen LogP contribution in [-0.4, -0.2) is 15.7 Å². The lowest BCUT2D eigenvalue weighted by atomic mass is 10.3. The van der Waals surface area contributed by atoms with E-state index in [1.165, 1.54) is 21.4 Å². The normalized spacial score (nSPS) is 10.5. The molecule has 21 heavy (non-hydrogen) atoms. The molecule has 0 amide bonds. The Morgan fingerprint density at radius 1 is 1.14 bits per heavy atom. The molecule has 6 nitrogen and oxygen atoms in total. The van der Waals surface area contributed by atoms with Crippen LogP contribution in [0, 0.1) is 0 Å². The van der Waals surface area contributed by atoms with Crippen molar-refractivity contribution in [3.63, 3.8) is 0 Å². The van der Waals surface area contributed by atoms with Crippen molar-refractivity contribution < 1.29 is 4.74 Å². The molecule has 6 heteroatoms. The summed E-state index contributed by atoms with van der Waals surface area (Å²) >= 11 is 0. The molecule has 0 unspecified atom stereocenters. The fourth-order valence-electron chi connectivity index (χ4n) is 2.03. The lowest BCUT2D eigenvalue weighted by Crippen LogP contribution is -2.40. The average Bonchev–Trinajstić information content (AvgIpc) is 2.47. The van der Waals surface area contributed by atoms with Gasteiger partial charge in [0.2, 0.25) is 0 Å². The van der Waals surface area contributed by atoms with Crippen LogP contribution in [0.4, 0.5) is 5.69 Å². The fourth-order valence-corrected chi connectivity index (χ4v) is 2.03. The number of rotatable bonds is 6. The molecule has 0 atom stereocenters.